The first-order valence-corrected chi connectivity index (χ1v) is 13.1. The molecule has 1 saturated heterocycles. The quantitative estimate of drug-likeness (QED) is 0.557. The lowest BCUT2D eigenvalue weighted by molar-refractivity contribution is 0.272. The normalized spacial score (nSPS) is 35.7. The van der Waals surface area contributed by atoms with E-state index in [1.165, 1.54) is 5.57 Å². The van der Waals surface area contributed by atoms with E-state index in [-0.39, 0.29) is 11.3 Å². The Hall–Kier alpha value is -1.07. The van der Waals surface area contributed by atoms with Crippen molar-refractivity contribution in [1.29, 1.82) is 0 Å². The molecule has 162 valence electrons. The molecule has 5 heteroatoms. The molecule has 1 heterocycles. The van der Waals surface area contributed by atoms with E-state index in [1.54, 1.807) is 7.11 Å². The minimum absolute atomic E-state index is 0.197. The highest BCUT2D eigenvalue weighted by Gasteiger charge is 2.48. The van der Waals surface area contributed by atoms with Gasteiger partial charge in [0.05, 0.1) is 18.1 Å². The topological polar surface area (TPSA) is 46.6 Å². The number of hydrogen-bond acceptors (Lipinski definition) is 3. The van der Waals surface area contributed by atoms with Gasteiger partial charge in [0.25, 0.3) is 0 Å². The zero-order valence-electron chi connectivity index (χ0n) is 18.1. The van der Waals surface area contributed by atoms with E-state index in [1.807, 2.05) is 4.31 Å². The fourth-order valence-corrected chi connectivity index (χ4v) is 8.56. The Kier molecular flexibility index (Phi) is 6.55. The fraction of sp³-hybridized carbons (Fsp3) is 0.750. The molecule has 1 saturated carbocycles. The number of sulfonamides is 1. The van der Waals surface area contributed by atoms with E-state index >= 15 is 0 Å². The Bertz CT molecular complexity index is 782. The van der Waals surface area contributed by atoms with Gasteiger partial charge in [0.2, 0.25) is 10.0 Å². The van der Waals surface area contributed by atoms with E-state index in [4.69, 9.17) is 4.74 Å². The van der Waals surface area contributed by atoms with Crippen LogP contribution in [0.2, 0.25) is 0 Å². The van der Waals surface area contributed by atoms with Crippen LogP contribution in [0.25, 0.3) is 0 Å². The molecule has 0 radical (unpaired) electrons. The van der Waals surface area contributed by atoms with Gasteiger partial charge in [-0.2, -0.15) is 4.31 Å². The highest BCUT2D eigenvalue weighted by Crippen LogP contribution is 2.44. The Morgan fingerprint density at radius 2 is 1.97 bits per heavy atom. The van der Waals surface area contributed by atoms with Gasteiger partial charge in [0.15, 0.2) is 0 Å². The lowest BCUT2D eigenvalue weighted by Gasteiger charge is -2.36. The third-order valence-electron chi connectivity index (χ3n) is 7.80. The molecule has 3 aliphatic carbocycles. The van der Waals surface area contributed by atoms with Crippen molar-refractivity contribution in [3.05, 3.63) is 35.6 Å². The van der Waals surface area contributed by atoms with Crippen molar-refractivity contribution in [3.63, 3.8) is 0 Å². The standard InChI is InChI=1S/C24H37NO3S/c1-3-7-20-17-25(24-11-5-4-10-23(20)24)29(26,27)22-9-6-8-19(16-22)18-12-14-21(28-2)15-13-18/h4-5,12,14,19-20,22-24H,3,6-11,13,15-17H2,1-2H3. The molecule has 1 aliphatic heterocycles. The number of hydrogen-bond donors (Lipinski definition) is 0. The van der Waals surface area contributed by atoms with Crippen LogP contribution >= 0.6 is 0 Å². The molecule has 29 heavy (non-hydrogen) atoms. The molecule has 5 atom stereocenters. The smallest absolute Gasteiger partial charge is 0.217 e. The molecule has 0 bridgehead atoms. The van der Waals surface area contributed by atoms with Crippen LogP contribution in [0, 0.1) is 17.8 Å². The molecule has 5 unspecified atom stereocenters. The second-order valence-electron chi connectivity index (χ2n) is 9.40. The van der Waals surface area contributed by atoms with E-state index in [9.17, 15) is 8.42 Å². The zero-order valence-corrected chi connectivity index (χ0v) is 18.9. The Morgan fingerprint density at radius 3 is 2.69 bits per heavy atom. The second kappa shape index (κ2) is 8.97. The number of fused-ring (bicyclic) bond motifs is 1. The lowest BCUT2D eigenvalue weighted by Crippen LogP contribution is -2.45. The number of nitrogens with zero attached hydrogens (tertiary/aromatic N) is 1. The highest BCUT2D eigenvalue weighted by molar-refractivity contribution is 7.89. The van der Waals surface area contributed by atoms with Crippen molar-refractivity contribution in [2.24, 2.45) is 17.8 Å². The van der Waals surface area contributed by atoms with E-state index < -0.39 is 10.0 Å². The summed E-state index contributed by atoms with van der Waals surface area (Å²) in [4.78, 5) is 0. The summed E-state index contributed by atoms with van der Waals surface area (Å²) in [5.41, 5.74) is 1.43. The van der Waals surface area contributed by atoms with Crippen LogP contribution in [-0.2, 0) is 14.8 Å². The van der Waals surface area contributed by atoms with Crippen molar-refractivity contribution in [3.8, 4) is 0 Å². The third kappa shape index (κ3) is 4.23. The molecular formula is C24H37NO3S. The maximum absolute atomic E-state index is 13.8. The summed E-state index contributed by atoms with van der Waals surface area (Å²) >= 11 is 0. The molecule has 0 N–H and O–H groups in total. The monoisotopic (exact) mass is 419 g/mol. The Balaban J connectivity index is 1.50. The van der Waals surface area contributed by atoms with Crippen LogP contribution in [0.3, 0.4) is 0 Å². The van der Waals surface area contributed by atoms with Crippen LogP contribution in [0.1, 0.15) is 71.1 Å². The predicted octanol–water partition coefficient (Wildman–Crippen LogP) is 5.19. The van der Waals surface area contributed by atoms with Gasteiger partial charge in [-0.05, 0) is 68.8 Å². The molecular weight excluding hydrogens is 382 g/mol. The number of rotatable bonds is 6. The van der Waals surface area contributed by atoms with Gasteiger partial charge in [-0.15, -0.1) is 0 Å². The van der Waals surface area contributed by atoms with Crippen LogP contribution < -0.4 is 0 Å². The minimum atomic E-state index is -3.24. The lowest BCUT2D eigenvalue weighted by atomic mass is 9.80. The van der Waals surface area contributed by atoms with Crippen molar-refractivity contribution in [2.75, 3.05) is 13.7 Å². The summed E-state index contributed by atoms with van der Waals surface area (Å²) in [5, 5.41) is -0.207. The van der Waals surface area contributed by atoms with Gasteiger partial charge in [0.1, 0.15) is 0 Å². The van der Waals surface area contributed by atoms with Crippen LogP contribution in [-0.4, -0.2) is 37.7 Å². The van der Waals surface area contributed by atoms with Crippen molar-refractivity contribution < 1.29 is 13.2 Å². The maximum atomic E-state index is 13.8. The van der Waals surface area contributed by atoms with Crippen LogP contribution in [0.5, 0.6) is 0 Å². The molecule has 2 fully saturated rings. The molecule has 0 amide bonds. The summed E-state index contributed by atoms with van der Waals surface area (Å²) in [6.07, 6.45) is 18.7. The van der Waals surface area contributed by atoms with Gasteiger partial charge in [0, 0.05) is 19.0 Å². The predicted molar refractivity (Wildman–Crippen MR) is 118 cm³/mol. The molecule has 4 nitrogen and oxygen atoms in total. The molecule has 0 aromatic rings. The molecule has 4 aliphatic rings. The van der Waals surface area contributed by atoms with Gasteiger partial charge >= 0.3 is 0 Å². The fourth-order valence-electron chi connectivity index (χ4n) is 6.22. The summed E-state index contributed by atoms with van der Waals surface area (Å²) in [7, 11) is -1.51. The minimum Gasteiger partial charge on any atom is -0.501 e. The average Bonchev–Trinajstić information content (AvgIpc) is 3.14. The Labute approximate surface area is 177 Å². The molecule has 0 spiro atoms. The summed E-state index contributed by atoms with van der Waals surface area (Å²) in [6, 6.07) is 0.197. The van der Waals surface area contributed by atoms with Crippen molar-refractivity contribution in [1.82, 2.24) is 4.31 Å². The summed E-state index contributed by atoms with van der Waals surface area (Å²) < 4.78 is 34.8. The highest BCUT2D eigenvalue weighted by atomic mass is 32.2. The van der Waals surface area contributed by atoms with E-state index in [0.29, 0.717) is 17.8 Å². The molecule has 0 aromatic heterocycles. The SMILES string of the molecule is CCCC1CN(S(=O)(=O)C2CCCC(C3=CC=C(OC)CC3)C2)C2CC=CCC12. The average molecular weight is 420 g/mol. The van der Waals surface area contributed by atoms with Crippen LogP contribution in [0.4, 0.5) is 0 Å². The number of ether oxygens (including phenoxy) is 1. The first kappa shape index (κ1) is 21.2. The number of methoxy groups -OCH3 is 1. The first-order valence-electron chi connectivity index (χ1n) is 11.6. The first-order chi connectivity index (χ1) is 14.0. The van der Waals surface area contributed by atoms with Gasteiger partial charge in [-0.3, -0.25) is 0 Å². The summed E-state index contributed by atoms with van der Waals surface area (Å²) in [5.74, 6) is 2.49. The van der Waals surface area contributed by atoms with Gasteiger partial charge in [-0.25, -0.2) is 8.42 Å². The second-order valence-corrected chi connectivity index (χ2v) is 11.6. The summed E-state index contributed by atoms with van der Waals surface area (Å²) in [6.45, 7) is 2.97. The third-order valence-corrected chi connectivity index (χ3v) is 10.1. The van der Waals surface area contributed by atoms with Crippen molar-refractivity contribution >= 4 is 10.0 Å². The molecule has 4 rings (SSSR count). The largest absolute Gasteiger partial charge is 0.501 e. The van der Waals surface area contributed by atoms with Gasteiger partial charge < -0.3 is 4.74 Å². The van der Waals surface area contributed by atoms with E-state index in [2.05, 4.69) is 31.2 Å². The van der Waals surface area contributed by atoms with Crippen molar-refractivity contribution in [2.45, 2.75) is 82.4 Å². The maximum Gasteiger partial charge on any atom is 0.217 e. The van der Waals surface area contributed by atoms with Gasteiger partial charge in [-0.1, -0.05) is 43.6 Å². The molecule has 0 aromatic carbocycles. The van der Waals surface area contributed by atoms with E-state index in [0.717, 1.165) is 76.5 Å². The Morgan fingerprint density at radius 1 is 1.14 bits per heavy atom. The zero-order chi connectivity index (χ0) is 20.4. The number of allylic oxidation sites excluding steroid dienone is 5. The van der Waals surface area contributed by atoms with Crippen LogP contribution in [0.15, 0.2) is 35.6 Å².